The van der Waals surface area contributed by atoms with Gasteiger partial charge >= 0.3 is 0 Å². The molecule has 0 aromatic rings. The van der Waals surface area contributed by atoms with Crippen LogP contribution in [-0.2, 0) is 19.0 Å². The number of methoxy groups -OCH3 is 3. The first-order chi connectivity index (χ1) is 7.15. The maximum Gasteiger partial charge on any atom is 0.167 e. The Kier molecular flexibility index (Phi) is 4.45. The van der Waals surface area contributed by atoms with E-state index in [-0.39, 0.29) is 11.7 Å². The molecule has 1 unspecified atom stereocenters. The van der Waals surface area contributed by atoms with Crippen LogP contribution in [-0.4, -0.2) is 40.0 Å². The van der Waals surface area contributed by atoms with E-state index in [9.17, 15) is 4.79 Å². The van der Waals surface area contributed by atoms with Gasteiger partial charge in [0.25, 0.3) is 0 Å². The minimum absolute atomic E-state index is 0.107. The van der Waals surface area contributed by atoms with E-state index in [1.54, 1.807) is 21.3 Å². The minimum atomic E-state index is -0.457. The van der Waals surface area contributed by atoms with Crippen molar-refractivity contribution in [2.45, 2.75) is 19.6 Å². The standard InChI is InChI=1S/C11H18O4/c1-7-8(6-13-2)5-9(10(7)12)11(14-3)15-4/h9,11H,5-6H2,1-4H3. The summed E-state index contributed by atoms with van der Waals surface area (Å²) < 4.78 is 15.3. The zero-order valence-electron chi connectivity index (χ0n) is 9.70. The summed E-state index contributed by atoms with van der Waals surface area (Å²) in [6.07, 6.45) is 0.215. The molecule has 1 aliphatic rings. The number of allylic oxidation sites excluding steroid dienone is 1. The molecule has 0 aromatic carbocycles. The highest BCUT2D eigenvalue weighted by Crippen LogP contribution is 2.31. The van der Waals surface area contributed by atoms with Crippen molar-refractivity contribution in [1.29, 1.82) is 0 Å². The summed E-state index contributed by atoms with van der Waals surface area (Å²) in [5, 5.41) is 0. The lowest BCUT2D eigenvalue weighted by Crippen LogP contribution is -2.29. The molecule has 0 heterocycles. The molecular formula is C11H18O4. The Morgan fingerprint density at radius 3 is 2.40 bits per heavy atom. The molecule has 0 bridgehead atoms. The summed E-state index contributed by atoms with van der Waals surface area (Å²) in [7, 11) is 4.72. The molecule has 0 aromatic heterocycles. The number of ether oxygens (including phenoxy) is 3. The predicted molar refractivity (Wildman–Crippen MR) is 55.5 cm³/mol. The fraction of sp³-hybridized carbons (Fsp3) is 0.727. The fourth-order valence-corrected chi connectivity index (χ4v) is 1.95. The zero-order chi connectivity index (χ0) is 11.4. The van der Waals surface area contributed by atoms with Crippen LogP contribution in [0.25, 0.3) is 0 Å². The van der Waals surface area contributed by atoms with Gasteiger partial charge in [0.2, 0.25) is 0 Å². The second-order valence-electron chi connectivity index (χ2n) is 3.68. The summed E-state index contributed by atoms with van der Waals surface area (Å²) in [6, 6.07) is 0. The maximum absolute atomic E-state index is 11.9. The van der Waals surface area contributed by atoms with Gasteiger partial charge in [0, 0.05) is 21.3 Å². The van der Waals surface area contributed by atoms with E-state index < -0.39 is 6.29 Å². The maximum atomic E-state index is 11.9. The van der Waals surface area contributed by atoms with Crippen LogP contribution < -0.4 is 0 Å². The highest BCUT2D eigenvalue weighted by Gasteiger charge is 2.36. The van der Waals surface area contributed by atoms with Crippen LogP contribution >= 0.6 is 0 Å². The van der Waals surface area contributed by atoms with Gasteiger partial charge in [-0.3, -0.25) is 4.79 Å². The third-order valence-electron chi connectivity index (χ3n) is 2.81. The van der Waals surface area contributed by atoms with Crippen LogP contribution in [0.2, 0.25) is 0 Å². The monoisotopic (exact) mass is 214 g/mol. The molecule has 1 atom stereocenters. The highest BCUT2D eigenvalue weighted by molar-refractivity contribution is 6.00. The topological polar surface area (TPSA) is 44.8 Å². The smallest absolute Gasteiger partial charge is 0.167 e. The predicted octanol–water partition coefficient (Wildman–Crippen LogP) is 1.16. The Hall–Kier alpha value is -0.710. The van der Waals surface area contributed by atoms with E-state index in [1.165, 1.54) is 0 Å². The van der Waals surface area contributed by atoms with E-state index in [1.807, 2.05) is 6.92 Å². The van der Waals surface area contributed by atoms with Crippen LogP contribution in [0, 0.1) is 5.92 Å². The van der Waals surface area contributed by atoms with Crippen molar-refractivity contribution in [2.75, 3.05) is 27.9 Å². The van der Waals surface area contributed by atoms with Crippen LogP contribution in [0.4, 0.5) is 0 Å². The van der Waals surface area contributed by atoms with Crippen LogP contribution in [0.1, 0.15) is 13.3 Å². The first kappa shape index (κ1) is 12.4. The number of carbonyl (C=O) groups is 1. The molecule has 0 spiro atoms. The molecule has 0 saturated carbocycles. The molecule has 0 fully saturated rings. The van der Waals surface area contributed by atoms with E-state index in [0.717, 1.165) is 11.1 Å². The molecule has 4 heteroatoms. The molecule has 0 radical (unpaired) electrons. The average molecular weight is 214 g/mol. The summed E-state index contributed by atoms with van der Waals surface area (Å²) in [5.74, 6) is -0.110. The van der Waals surface area contributed by atoms with Gasteiger partial charge < -0.3 is 14.2 Å². The second-order valence-corrected chi connectivity index (χ2v) is 3.68. The quantitative estimate of drug-likeness (QED) is 0.644. The number of ketones is 1. The lowest BCUT2D eigenvalue weighted by molar-refractivity contribution is -0.151. The molecule has 0 aliphatic heterocycles. The molecule has 1 rings (SSSR count). The summed E-state index contributed by atoms with van der Waals surface area (Å²) in [4.78, 5) is 11.9. The number of rotatable bonds is 5. The Bertz CT molecular complexity index is 266. The zero-order valence-corrected chi connectivity index (χ0v) is 9.70. The van der Waals surface area contributed by atoms with Crippen molar-refractivity contribution in [2.24, 2.45) is 5.92 Å². The van der Waals surface area contributed by atoms with Crippen LogP contribution in [0.3, 0.4) is 0 Å². The molecule has 15 heavy (non-hydrogen) atoms. The van der Waals surface area contributed by atoms with Crippen molar-refractivity contribution in [1.82, 2.24) is 0 Å². The summed E-state index contributed by atoms with van der Waals surface area (Å²) >= 11 is 0. The Morgan fingerprint density at radius 2 is 1.93 bits per heavy atom. The molecule has 0 saturated heterocycles. The van der Waals surface area contributed by atoms with Crippen molar-refractivity contribution in [3.63, 3.8) is 0 Å². The van der Waals surface area contributed by atoms with Crippen molar-refractivity contribution >= 4 is 5.78 Å². The number of Topliss-reactive ketones (excluding diaryl/α,β-unsaturated/α-hetero) is 1. The average Bonchev–Trinajstić information content (AvgIpc) is 2.50. The first-order valence-corrected chi connectivity index (χ1v) is 4.93. The van der Waals surface area contributed by atoms with Crippen LogP contribution in [0.5, 0.6) is 0 Å². The fourth-order valence-electron chi connectivity index (χ4n) is 1.95. The molecular weight excluding hydrogens is 196 g/mol. The first-order valence-electron chi connectivity index (χ1n) is 4.93. The Morgan fingerprint density at radius 1 is 1.33 bits per heavy atom. The molecule has 0 amide bonds. The molecule has 0 N–H and O–H groups in total. The van der Waals surface area contributed by atoms with E-state index >= 15 is 0 Å². The van der Waals surface area contributed by atoms with Gasteiger partial charge in [0.1, 0.15) is 0 Å². The van der Waals surface area contributed by atoms with Crippen LogP contribution in [0.15, 0.2) is 11.1 Å². The van der Waals surface area contributed by atoms with Crippen molar-refractivity contribution < 1.29 is 19.0 Å². The largest absolute Gasteiger partial charge is 0.380 e. The molecule has 1 aliphatic carbocycles. The normalized spacial score (nSPS) is 21.9. The van der Waals surface area contributed by atoms with Gasteiger partial charge in [0.05, 0.1) is 12.5 Å². The minimum Gasteiger partial charge on any atom is -0.380 e. The van der Waals surface area contributed by atoms with E-state index in [2.05, 4.69) is 0 Å². The lowest BCUT2D eigenvalue weighted by atomic mass is 10.0. The van der Waals surface area contributed by atoms with Crippen molar-refractivity contribution in [3.8, 4) is 0 Å². The molecule has 86 valence electrons. The van der Waals surface area contributed by atoms with Gasteiger partial charge in [-0.05, 0) is 24.5 Å². The SMILES string of the molecule is COCC1=C(C)C(=O)C(C(OC)OC)C1. The molecule has 4 nitrogen and oxygen atoms in total. The number of hydrogen-bond donors (Lipinski definition) is 0. The van der Waals surface area contributed by atoms with Crippen molar-refractivity contribution in [3.05, 3.63) is 11.1 Å². The van der Waals surface area contributed by atoms with Gasteiger partial charge in [0.15, 0.2) is 12.1 Å². The number of hydrogen-bond acceptors (Lipinski definition) is 4. The summed E-state index contributed by atoms with van der Waals surface area (Å²) in [5.41, 5.74) is 1.84. The third-order valence-corrected chi connectivity index (χ3v) is 2.81. The van der Waals surface area contributed by atoms with Gasteiger partial charge in [-0.2, -0.15) is 0 Å². The second kappa shape index (κ2) is 5.39. The van der Waals surface area contributed by atoms with Gasteiger partial charge in [-0.25, -0.2) is 0 Å². The Balaban J connectivity index is 2.73. The van der Waals surface area contributed by atoms with E-state index in [4.69, 9.17) is 14.2 Å². The van der Waals surface area contributed by atoms with Gasteiger partial charge in [-0.1, -0.05) is 0 Å². The Labute approximate surface area is 90.2 Å². The van der Waals surface area contributed by atoms with Gasteiger partial charge in [-0.15, -0.1) is 0 Å². The third kappa shape index (κ3) is 2.45. The number of carbonyl (C=O) groups excluding carboxylic acids is 1. The lowest BCUT2D eigenvalue weighted by Gasteiger charge is -2.19. The summed E-state index contributed by atoms with van der Waals surface area (Å²) in [6.45, 7) is 2.34. The highest BCUT2D eigenvalue weighted by atomic mass is 16.7. The van der Waals surface area contributed by atoms with E-state index in [0.29, 0.717) is 13.0 Å².